The summed E-state index contributed by atoms with van der Waals surface area (Å²) in [7, 11) is 0. The molecule has 1 aliphatic carbocycles. The number of imidazole rings is 1. The smallest absolute Gasteiger partial charge is 0.140 e. The van der Waals surface area contributed by atoms with Crippen molar-refractivity contribution < 1.29 is 0 Å². The maximum atomic E-state index is 6.18. The highest BCUT2D eigenvalue weighted by Crippen LogP contribution is 2.31. The van der Waals surface area contributed by atoms with Gasteiger partial charge in [0.1, 0.15) is 17.2 Å². The van der Waals surface area contributed by atoms with E-state index >= 15 is 0 Å². The molecule has 3 heterocycles. The monoisotopic (exact) mass is 314 g/mol. The van der Waals surface area contributed by atoms with Crippen LogP contribution in [0.15, 0.2) is 36.7 Å². The van der Waals surface area contributed by atoms with Crippen LogP contribution in [0.3, 0.4) is 0 Å². The second-order valence-corrected chi connectivity index (χ2v) is 6.38. The average molecular weight is 315 g/mol. The summed E-state index contributed by atoms with van der Waals surface area (Å²) in [5.41, 5.74) is 2.89. The van der Waals surface area contributed by atoms with Crippen molar-refractivity contribution >= 4 is 23.1 Å². The van der Waals surface area contributed by atoms with Crippen LogP contribution in [-0.2, 0) is 0 Å². The average Bonchev–Trinajstić information content (AvgIpc) is 3.17. The van der Waals surface area contributed by atoms with Crippen LogP contribution in [0, 0.1) is 0 Å². The number of nitrogens with zero attached hydrogens (tertiary/aromatic N) is 2. The molecule has 114 valence electrons. The summed E-state index contributed by atoms with van der Waals surface area (Å²) in [6, 6.07) is 8.40. The van der Waals surface area contributed by atoms with Gasteiger partial charge in [-0.3, -0.25) is 4.40 Å². The Morgan fingerprint density at radius 3 is 2.82 bits per heavy atom. The van der Waals surface area contributed by atoms with Crippen LogP contribution in [0.4, 0.5) is 5.82 Å². The highest BCUT2D eigenvalue weighted by Gasteiger charge is 2.20. The Morgan fingerprint density at radius 1 is 1.18 bits per heavy atom. The van der Waals surface area contributed by atoms with Gasteiger partial charge in [-0.25, -0.2) is 4.98 Å². The van der Waals surface area contributed by atoms with Crippen molar-refractivity contribution in [3.63, 3.8) is 0 Å². The first-order valence-electron chi connectivity index (χ1n) is 7.89. The first kappa shape index (κ1) is 13.7. The van der Waals surface area contributed by atoms with E-state index in [1.165, 1.54) is 32.1 Å². The zero-order chi connectivity index (χ0) is 14.9. The van der Waals surface area contributed by atoms with Crippen molar-refractivity contribution in [2.45, 2.75) is 38.1 Å². The lowest BCUT2D eigenvalue weighted by Crippen LogP contribution is -2.23. The number of fused-ring (bicyclic) bond motifs is 1. The minimum Gasteiger partial charge on any atom is -0.367 e. The maximum absolute atomic E-state index is 6.18. The summed E-state index contributed by atoms with van der Waals surface area (Å²) in [5.74, 6) is 1.03. The number of hydrogen-bond donors (Lipinski definition) is 2. The summed E-state index contributed by atoms with van der Waals surface area (Å²) in [6.07, 6.45) is 10.2. The molecule has 0 aliphatic heterocycles. The molecule has 4 rings (SSSR count). The SMILES string of the molecule is Clc1ccc2nc(-c3ccc[nH]3)c(NC3CCCCC3)n2c1. The molecule has 22 heavy (non-hydrogen) atoms. The number of aromatic nitrogens is 3. The summed E-state index contributed by atoms with van der Waals surface area (Å²) in [5, 5.41) is 4.43. The molecule has 3 aromatic heterocycles. The Hall–Kier alpha value is -1.94. The van der Waals surface area contributed by atoms with E-state index in [1.807, 2.05) is 30.6 Å². The van der Waals surface area contributed by atoms with E-state index in [0.29, 0.717) is 6.04 Å². The van der Waals surface area contributed by atoms with Gasteiger partial charge in [0, 0.05) is 18.4 Å². The molecule has 0 unspecified atom stereocenters. The fourth-order valence-electron chi connectivity index (χ4n) is 3.26. The molecular formula is C17H19ClN4. The fraction of sp³-hybridized carbons (Fsp3) is 0.353. The Kier molecular flexibility index (Phi) is 3.54. The lowest BCUT2D eigenvalue weighted by Gasteiger charge is -2.24. The molecule has 1 fully saturated rings. The first-order chi connectivity index (χ1) is 10.8. The standard InChI is InChI=1S/C17H19ClN4/c18-12-8-9-15-21-16(14-7-4-10-19-14)17(22(15)11-12)20-13-5-2-1-3-6-13/h4,7-11,13,19-20H,1-3,5-6H2. The van der Waals surface area contributed by atoms with Crippen LogP contribution in [0.5, 0.6) is 0 Å². The first-order valence-corrected chi connectivity index (χ1v) is 8.27. The van der Waals surface area contributed by atoms with E-state index in [4.69, 9.17) is 16.6 Å². The highest BCUT2D eigenvalue weighted by atomic mass is 35.5. The number of aromatic amines is 1. The van der Waals surface area contributed by atoms with E-state index in [-0.39, 0.29) is 0 Å². The molecule has 1 saturated carbocycles. The Balaban J connectivity index is 1.81. The van der Waals surface area contributed by atoms with Gasteiger partial charge in [0.15, 0.2) is 0 Å². The van der Waals surface area contributed by atoms with Crippen molar-refractivity contribution in [2.75, 3.05) is 5.32 Å². The lowest BCUT2D eigenvalue weighted by molar-refractivity contribution is 0.462. The third-order valence-electron chi connectivity index (χ3n) is 4.38. The third kappa shape index (κ3) is 2.48. The van der Waals surface area contributed by atoms with Crippen LogP contribution in [0.2, 0.25) is 5.02 Å². The van der Waals surface area contributed by atoms with Crippen LogP contribution >= 0.6 is 11.6 Å². The van der Waals surface area contributed by atoms with Crippen LogP contribution in [0.25, 0.3) is 17.0 Å². The molecule has 0 amide bonds. The van der Waals surface area contributed by atoms with Gasteiger partial charge in [-0.1, -0.05) is 30.9 Å². The molecule has 0 atom stereocenters. The Labute approximate surface area is 134 Å². The molecule has 5 heteroatoms. The number of hydrogen-bond acceptors (Lipinski definition) is 2. The van der Waals surface area contributed by atoms with Gasteiger partial charge in [-0.2, -0.15) is 0 Å². The van der Waals surface area contributed by atoms with E-state index in [2.05, 4.69) is 20.8 Å². The quantitative estimate of drug-likeness (QED) is 0.734. The normalized spacial score (nSPS) is 16.2. The van der Waals surface area contributed by atoms with Crippen LogP contribution < -0.4 is 5.32 Å². The van der Waals surface area contributed by atoms with Crippen molar-refractivity contribution in [1.82, 2.24) is 14.4 Å². The Morgan fingerprint density at radius 2 is 2.05 bits per heavy atom. The van der Waals surface area contributed by atoms with E-state index in [0.717, 1.165) is 27.9 Å². The van der Waals surface area contributed by atoms with Gasteiger partial charge in [0.05, 0.1) is 10.7 Å². The number of pyridine rings is 1. The van der Waals surface area contributed by atoms with E-state index < -0.39 is 0 Å². The predicted molar refractivity (Wildman–Crippen MR) is 90.5 cm³/mol. The van der Waals surface area contributed by atoms with Crippen LogP contribution in [-0.4, -0.2) is 20.4 Å². The summed E-state index contributed by atoms with van der Waals surface area (Å²) in [6.45, 7) is 0. The third-order valence-corrected chi connectivity index (χ3v) is 4.61. The van der Waals surface area contributed by atoms with Crippen molar-refractivity contribution in [1.29, 1.82) is 0 Å². The molecule has 0 bridgehead atoms. The molecular weight excluding hydrogens is 296 g/mol. The second kappa shape index (κ2) is 5.69. The van der Waals surface area contributed by atoms with Gasteiger partial charge in [-0.15, -0.1) is 0 Å². The fourth-order valence-corrected chi connectivity index (χ4v) is 3.42. The molecule has 0 spiro atoms. The summed E-state index contributed by atoms with van der Waals surface area (Å²) in [4.78, 5) is 8.03. The van der Waals surface area contributed by atoms with Gasteiger partial charge >= 0.3 is 0 Å². The minimum absolute atomic E-state index is 0.515. The summed E-state index contributed by atoms with van der Waals surface area (Å²) < 4.78 is 2.06. The number of halogens is 1. The molecule has 3 aromatic rings. The zero-order valence-electron chi connectivity index (χ0n) is 12.3. The molecule has 0 aromatic carbocycles. The zero-order valence-corrected chi connectivity index (χ0v) is 13.1. The lowest BCUT2D eigenvalue weighted by atomic mass is 9.95. The van der Waals surface area contributed by atoms with Gasteiger partial charge in [0.2, 0.25) is 0 Å². The minimum atomic E-state index is 0.515. The number of nitrogens with one attached hydrogen (secondary N) is 2. The van der Waals surface area contributed by atoms with Crippen molar-refractivity contribution in [3.8, 4) is 11.4 Å². The topological polar surface area (TPSA) is 45.1 Å². The van der Waals surface area contributed by atoms with E-state index in [9.17, 15) is 0 Å². The van der Waals surface area contributed by atoms with Gasteiger partial charge < -0.3 is 10.3 Å². The molecule has 4 nitrogen and oxygen atoms in total. The van der Waals surface area contributed by atoms with Crippen molar-refractivity contribution in [3.05, 3.63) is 41.7 Å². The largest absolute Gasteiger partial charge is 0.367 e. The van der Waals surface area contributed by atoms with Crippen LogP contribution in [0.1, 0.15) is 32.1 Å². The molecule has 1 aliphatic rings. The second-order valence-electron chi connectivity index (χ2n) is 5.95. The molecule has 0 saturated heterocycles. The van der Waals surface area contributed by atoms with E-state index in [1.54, 1.807) is 0 Å². The van der Waals surface area contributed by atoms with Gasteiger partial charge in [0.25, 0.3) is 0 Å². The number of H-pyrrole nitrogens is 1. The Bertz CT molecular complexity index is 769. The predicted octanol–water partition coefficient (Wildman–Crippen LogP) is 4.73. The number of rotatable bonds is 3. The highest BCUT2D eigenvalue weighted by molar-refractivity contribution is 6.30. The molecule has 2 N–H and O–H groups in total. The van der Waals surface area contributed by atoms with Crippen molar-refractivity contribution in [2.24, 2.45) is 0 Å². The van der Waals surface area contributed by atoms with Gasteiger partial charge in [-0.05, 0) is 37.1 Å². The number of anilines is 1. The summed E-state index contributed by atoms with van der Waals surface area (Å²) >= 11 is 6.18. The maximum Gasteiger partial charge on any atom is 0.140 e. The molecule has 0 radical (unpaired) electrons.